The van der Waals surface area contributed by atoms with Crippen molar-refractivity contribution in [3.8, 4) is 0 Å². The highest BCUT2D eigenvalue weighted by molar-refractivity contribution is 7.88. The summed E-state index contributed by atoms with van der Waals surface area (Å²) in [5.74, 6) is -3.49. The largest absolute Gasteiger partial charge is 0.351 e. The molecule has 3 N–H and O–H groups in total. The van der Waals surface area contributed by atoms with Crippen molar-refractivity contribution in [1.29, 1.82) is 0 Å². The van der Waals surface area contributed by atoms with Gasteiger partial charge >= 0.3 is 0 Å². The molecule has 1 unspecified atom stereocenters. The summed E-state index contributed by atoms with van der Waals surface area (Å²) in [6.07, 6.45) is 5.10. The number of sulfonamides is 1. The number of aliphatic imine (C=N–C) groups is 1. The molecule has 1 aliphatic carbocycles. The third-order valence-corrected chi connectivity index (χ3v) is 5.88. The Kier molecular flexibility index (Phi) is 7.11. The first-order chi connectivity index (χ1) is 14.6. The number of amides is 2. The minimum Gasteiger partial charge on any atom is -0.351 e. The van der Waals surface area contributed by atoms with Gasteiger partial charge in [0.1, 0.15) is 17.2 Å². The van der Waals surface area contributed by atoms with E-state index in [1.165, 1.54) is 0 Å². The Balaban J connectivity index is 1.57. The standard InChI is InChI=1S/C19H23F2N5O4S/c1-31(29,30)23-9-11-5-7-12(8-6-11)24-19(28)17-15(10-22-26-17)25-18(27)16-13(20)3-2-4-14(16)21/h2-4,10-12,17,23,26H,5-9H2,1H3,(H,24,28). The fraction of sp³-hybridized carbons (Fsp3) is 0.474. The topological polar surface area (TPSA) is 129 Å². The van der Waals surface area contributed by atoms with Gasteiger partial charge in [-0.3, -0.25) is 15.0 Å². The zero-order chi connectivity index (χ0) is 22.6. The molecule has 0 spiro atoms. The minimum atomic E-state index is -3.24. The maximum absolute atomic E-state index is 13.8. The SMILES string of the molecule is CS(=O)(=O)NCC1CCC(NC(=O)C2NN=CC2=NC(=O)c2c(F)cccc2F)CC1. The average Bonchev–Trinajstić information content (AvgIpc) is 3.15. The lowest BCUT2D eigenvalue weighted by Crippen LogP contribution is -2.49. The lowest BCUT2D eigenvalue weighted by molar-refractivity contribution is -0.122. The van der Waals surface area contributed by atoms with Crippen LogP contribution in [0.1, 0.15) is 36.0 Å². The van der Waals surface area contributed by atoms with Crippen LogP contribution in [0, 0.1) is 17.6 Å². The van der Waals surface area contributed by atoms with E-state index in [-0.39, 0.29) is 17.7 Å². The second kappa shape index (κ2) is 9.60. The van der Waals surface area contributed by atoms with Crippen LogP contribution in [0.2, 0.25) is 0 Å². The van der Waals surface area contributed by atoms with E-state index in [1.54, 1.807) is 0 Å². The second-order valence-corrected chi connectivity index (χ2v) is 9.44. The molecule has 0 aromatic heterocycles. The molecule has 31 heavy (non-hydrogen) atoms. The predicted octanol–water partition coefficient (Wildman–Crippen LogP) is 0.728. The zero-order valence-electron chi connectivity index (χ0n) is 16.8. The summed E-state index contributed by atoms with van der Waals surface area (Å²) in [4.78, 5) is 28.5. The predicted molar refractivity (Wildman–Crippen MR) is 110 cm³/mol. The first kappa shape index (κ1) is 22.9. The van der Waals surface area contributed by atoms with E-state index in [1.807, 2.05) is 0 Å². The summed E-state index contributed by atoms with van der Waals surface area (Å²) in [5, 5.41) is 6.60. The molecule has 0 radical (unpaired) electrons. The highest BCUT2D eigenvalue weighted by atomic mass is 32.2. The van der Waals surface area contributed by atoms with Crippen molar-refractivity contribution in [2.45, 2.75) is 37.8 Å². The van der Waals surface area contributed by atoms with Crippen molar-refractivity contribution >= 4 is 33.8 Å². The first-order valence-corrected chi connectivity index (χ1v) is 11.6. The van der Waals surface area contributed by atoms with Crippen LogP contribution in [0.25, 0.3) is 0 Å². The second-order valence-electron chi connectivity index (χ2n) is 7.61. The first-order valence-electron chi connectivity index (χ1n) is 9.74. The lowest BCUT2D eigenvalue weighted by atomic mass is 9.86. The van der Waals surface area contributed by atoms with E-state index in [0.717, 1.165) is 43.5 Å². The maximum Gasteiger partial charge on any atom is 0.283 e. The maximum atomic E-state index is 13.8. The molecule has 3 rings (SSSR count). The van der Waals surface area contributed by atoms with Crippen LogP contribution < -0.4 is 15.5 Å². The van der Waals surface area contributed by atoms with Crippen molar-refractivity contribution in [3.63, 3.8) is 0 Å². The van der Waals surface area contributed by atoms with Crippen LogP contribution in [0.15, 0.2) is 28.3 Å². The number of benzene rings is 1. The van der Waals surface area contributed by atoms with Crippen molar-refractivity contribution < 1.29 is 26.8 Å². The fourth-order valence-corrected chi connectivity index (χ4v) is 4.08. The van der Waals surface area contributed by atoms with Crippen LogP contribution in [0.5, 0.6) is 0 Å². The molecule has 1 atom stereocenters. The van der Waals surface area contributed by atoms with Crippen LogP contribution in [-0.4, -0.2) is 57.0 Å². The van der Waals surface area contributed by atoms with Gasteiger partial charge in [0.2, 0.25) is 10.0 Å². The van der Waals surface area contributed by atoms with Gasteiger partial charge in [-0.25, -0.2) is 26.9 Å². The van der Waals surface area contributed by atoms with Gasteiger partial charge in [-0.15, -0.1) is 0 Å². The Bertz CT molecular complexity index is 1000. The number of hydrazone groups is 1. The molecule has 1 aliphatic heterocycles. The number of carbonyl (C=O) groups is 2. The van der Waals surface area contributed by atoms with Gasteiger partial charge in [-0.2, -0.15) is 5.10 Å². The smallest absolute Gasteiger partial charge is 0.283 e. The molecular weight excluding hydrogens is 432 g/mol. The van der Waals surface area contributed by atoms with Crippen LogP contribution in [-0.2, 0) is 14.8 Å². The fourth-order valence-electron chi connectivity index (χ4n) is 3.54. The molecule has 2 amide bonds. The zero-order valence-corrected chi connectivity index (χ0v) is 17.6. The normalized spacial score (nSPS) is 24.7. The summed E-state index contributed by atoms with van der Waals surface area (Å²) in [5.41, 5.74) is 1.70. The van der Waals surface area contributed by atoms with E-state index in [0.29, 0.717) is 19.4 Å². The summed E-state index contributed by atoms with van der Waals surface area (Å²) in [6.45, 7) is 0.364. The number of nitrogens with zero attached hydrogens (tertiary/aromatic N) is 2. The third-order valence-electron chi connectivity index (χ3n) is 5.19. The Morgan fingerprint density at radius 3 is 2.45 bits per heavy atom. The van der Waals surface area contributed by atoms with Crippen LogP contribution in [0.4, 0.5) is 8.78 Å². The highest BCUT2D eigenvalue weighted by Crippen LogP contribution is 2.24. The van der Waals surface area contributed by atoms with E-state index >= 15 is 0 Å². The van der Waals surface area contributed by atoms with Gasteiger partial charge in [0.25, 0.3) is 11.8 Å². The number of carbonyl (C=O) groups excluding carboxylic acids is 2. The summed E-state index contributed by atoms with van der Waals surface area (Å²) in [6, 6.07) is 1.86. The summed E-state index contributed by atoms with van der Waals surface area (Å²) >= 11 is 0. The summed E-state index contributed by atoms with van der Waals surface area (Å²) in [7, 11) is -3.24. The Morgan fingerprint density at radius 2 is 1.84 bits per heavy atom. The van der Waals surface area contributed by atoms with Gasteiger partial charge in [0, 0.05) is 12.6 Å². The van der Waals surface area contributed by atoms with E-state index < -0.39 is 45.1 Å². The number of hydrogen-bond acceptors (Lipinski definition) is 6. The molecular formula is C19H23F2N5O4S. The number of hydrogen-bond donors (Lipinski definition) is 3. The highest BCUT2D eigenvalue weighted by Gasteiger charge is 2.31. The average molecular weight is 455 g/mol. The van der Waals surface area contributed by atoms with Crippen molar-refractivity contribution in [3.05, 3.63) is 35.4 Å². The van der Waals surface area contributed by atoms with Crippen molar-refractivity contribution in [2.75, 3.05) is 12.8 Å². The Hall–Kier alpha value is -2.73. The molecule has 9 nitrogen and oxygen atoms in total. The quantitative estimate of drug-likeness (QED) is 0.582. The minimum absolute atomic E-state index is 0.0452. The van der Waals surface area contributed by atoms with Crippen LogP contribution in [0.3, 0.4) is 0 Å². The van der Waals surface area contributed by atoms with Crippen LogP contribution >= 0.6 is 0 Å². The van der Waals surface area contributed by atoms with E-state index in [9.17, 15) is 26.8 Å². The van der Waals surface area contributed by atoms with Gasteiger partial charge in [0.15, 0.2) is 6.04 Å². The number of rotatable bonds is 6. The monoisotopic (exact) mass is 455 g/mol. The summed E-state index contributed by atoms with van der Waals surface area (Å²) < 4.78 is 52.5. The Morgan fingerprint density at radius 1 is 1.19 bits per heavy atom. The molecule has 0 saturated heterocycles. The number of halogens is 2. The van der Waals surface area contributed by atoms with Gasteiger partial charge in [0.05, 0.1) is 18.2 Å². The van der Waals surface area contributed by atoms with E-state index in [2.05, 4.69) is 25.6 Å². The molecule has 1 aromatic rings. The third kappa shape index (κ3) is 6.14. The van der Waals surface area contributed by atoms with Crippen molar-refractivity contribution in [1.82, 2.24) is 15.5 Å². The molecule has 2 aliphatic rings. The molecule has 1 heterocycles. The van der Waals surface area contributed by atoms with Gasteiger partial charge in [-0.1, -0.05) is 6.07 Å². The number of nitrogens with one attached hydrogen (secondary N) is 3. The van der Waals surface area contributed by atoms with Gasteiger partial charge < -0.3 is 5.32 Å². The Labute approximate surface area is 178 Å². The molecule has 0 bridgehead atoms. The molecule has 1 aromatic carbocycles. The molecule has 168 valence electrons. The molecule has 1 fully saturated rings. The molecule has 1 saturated carbocycles. The molecule has 12 heteroatoms. The lowest BCUT2D eigenvalue weighted by Gasteiger charge is -2.29. The van der Waals surface area contributed by atoms with Crippen molar-refractivity contribution in [2.24, 2.45) is 16.0 Å². The van der Waals surface area contributed by atoms with Gasteiger partial charge in [-0.05, 0) is 43.7 Å². The van der Waals surface area contributed by atoms with E-state index in [4.69, 9.17) is 0 Å².